The molecule has 1 heterocycles. The van der Waals surface area contributed by atoms with Gasteiger partial charge in [-0.25, -0.2) is 8.78 Å². The number of anilines is 1. The van der Waals surface area contributed by atoms with E-state index >= 15 is 0 Å². The molecule has 0 spiro atoms. The summed E-state index contributed by atoms with van der Waals surface area (Å²) in [5.41, 5.74) is 1.68. The van der Waals surface area contributed by atoms with Gasteiger partial charge >= 0.3 is 0 Å². The van der Waals surface area contributed by atoms with E-state index in [4.69, 9.17) is 0 Å². The molecule has 2 amide bonds. The van der Waals surface area contributed by atoms with Gasteiger partial charge in [-0.3, -0.25) is 9.59 Å². The van der Waals surface area contributed by atoms with Gasteiger partial charge in [-0.15, -0.1) is 0 Å². The van der Waals surface area contributed by atoms with Crippen LogP contribution in [0.1, 0.15) is 33.6 Å². The number of rotatable bonds is 5. The first-order chi connectivity index (χ1) is 13.8. The molecule has 0 aromatic heterocycles. The topological polar surface area (TPSA) is 52.7 Å². The third-order valence-electron chi connectivity index (χ3n) is 5.15. The number of likely N-dealkylation sites (tertiary alicyclic amines) is 1. The molecule has 1 unspecified atom stereocenters. The monoisotopic (exact) mass is 401 g/mol. The van der Waals surface area contributed by atoms with E-state index in [9.17, 15) is 18.4 Å². The van der Waals surface area contributed by atoms with E-state index in [-0.39, 0.29) is 17.4 Å². The number of carbonyl (C=O) groups is 2. The third-order valence-corrected chi connectivity index (χ3v) is 5.15. The Hall–Kier alpha value is -2.96. The summed E-state index contributed by atoms with van der Waals surface area (Å²) in [6, 6.07) is 10.6. The summed E-state index contributed by atoms with van der Waals surface area (Å²) in [4.78, 5) is 28.9. The number of halogens is 2. The molecule has 7 heteroatoms. The van der Waals surface area contributed by atoms with E-state index in [0.717, 1.165) is 30.7 Å². The number of hydrogen-bond donors (Lipinski definition) is 1. The molecule has 0 bridgehead atoms. The lowest BCUT2D eigenvalue weighted by Crippen LogP contribution is -2.43. The van der Waals surface area contributed by atoms with Gasteiger partial charge in [0.2, 0.25) is 0 Å². The molecular weight excluding hydrogens is 376 g/mol. The highest BCUT2D eigenvalue weighted by molar-refractivity contribution is 5.95. The van der Waals surface area contributed by atoms with Crippen molar-refractivity contribution in [2.24, 2.45) is 5.92 Å². The van der Waals surface area contributed by atoms with Crippen LogP contribution in [-0.4, -0.2) is 50.4 Å². The fourth-order valence-electron chi connectivity index (χ4n) is 3.49. The summed E-state index contributed by atoms with van der Waals surface area (Å²) in [6.45, 7) is 1.60. The van der Waals surface area contributed by atoms with Crippen molar-refractivity contribution in [1.29, 1.82) is 0 Å². The Balaban J connectivity index is 1.59. The Kier molecular flexibility index (Phi) is 6.46. The van der Waals surface area contributed by atoms with Crippen molar-refractivity contribution in [1.82, 2.24) is 10.2 Å². The molecule has 0 aliphatic carbocycles. The predicted molar refractivity (Wildman–Crippen MR) is 108 cm³/mol. The van der Waals surface area contributed by atoms with Crippen molar-refractivity contribution < 1.29 is 18.4 Å². The molecule has 29 heavy (non-hydrogen) atoms. The fraction of sp³-hybridized carbons (Fsp3) is 0.364. The number of benzene rings is 2. The summed E-state index contributed by atoms with van der Waals surface area (Å²) in [5.74, 6) is -2.40. The van der Waals surface area contributed by atoms with Crippen LogP contribution in [0.25, 0.3) is 0 Å². The van der Waals surface area contributed by atoms with Crippen molar-refractivity contribution in [2.45, 2.75) is 12.8 Å². The molecule has 154 valence electrons. The maximum Gasteiger partial charge on any atom is 0.253 e. The third kappa shape index (κ3) is 5.10. The van der Waals surface area contributed by atoms with Gasteiger partial charge in [0, 0.05) is 50.5 Å². The molecule has 2 aromatic rings. The SMILES string of the molecule is CN(C)c1cccc(C(=O)N2CCCC(CNC(=O)c3ccc(F)c(F)c3)C2)c1. The molecule has 1 aliphatic heterocycles. The Morgan fingerprint density at radius 1 is 1.10 bits per heavy atom. The second-order valence-corrected chi connectivity index (χ2v) is 7.54. The van der Waals surface area contributed by atoms with Crippen LogP contribution in [0.15, 0.2) is 42.5 Å². The average molecular weight is 401 g/mol. The average Bonchev–Trinajstić information content (AvgIpc) is 2.73. The van der Waals surface area contributed by atoms with Gasteiger partial charge in [-0.1, -0.05) is 6.07 Å². The standard InChI is InChI=1S/C22H25F2N3O2/c1-26(2)18-7-3-6-17(11-18)22(29)27-10-4-5-15(14-27)13-25-21(28)16-8-9-19(23)20(24)12-16/h3,6-9,11-12,15H,4-5,10,13-14H2,1-2H3,(H,25,28). The zero-order chi connectivity index (χ0) is 21.0. The number of hydrogen-bond acceptors (Lipinski definition) is 3. The molecule has 1 saturated heterocycles. The minimum atomic E-state index is -1.05. The molecule has 2 aromatic carbocycles. The van der Waals surface area contributed by atoms with Crippen molar-refractivity contribution >= 4 is 17.5 Å². The van der Waals surface area contributed by atoms with Crippen LogP contribution in [0.2, 0.25) is 0 Å². The molecule has 3 rings (SSSR count). The van der Waals surface area contributed by atoms with Crippen molar-refractivity contribution in [3.8, 4) is 0 Å². The quantitative estimate of drug-likeness (QED) is 0.836. The predicted octanol–water partition coefficient (Wildman–Crippen LogP) is 3.31. The lowest BCUT2D eigenvalue weighted by molar-refractivity contribution is 0.0671. The highest BCUT2D eigenvalue weighted by atomic mass is 19.2. The van der Waals surface area contributed by atoms with E-state index < -0.39 is 17.5 Å². The summed E-state index contributed by atoms with van der Waals surface area (Å²) < 4.78 is 26.3. The maximum absolute atomic E-state index is 13.3. The lowest BCUT2D eigenvalue weighted by Gasteiger charge is -2.33. The summed E-state index contributed by atoms with van der Waals surface area (Å²) in [5, 5.41) is 2.77. The molecule has 1 N–H and O–H groups in total. The molecular formula is C22H25F2N3O2. The summed E-state index contributed by atoms with van der Waals surface area (Å²) in [6.07, 6.45) is 1.74. The Morgan fingerprint density at radius 3 is 2.62 bits per heavy atom. The Morgan fingerprint density at radius 2 is 1.90 bits per heavy atom. The van der Waals surface area contributed by atoms with Crippen LogP contribution in [0.5, 0.6) is 0 Å². The van der Waals surface area contributed by atoms with E-state index in [1.54, 1.807) is 0 Å². The van der Waals surface area contributed by atoms with Crippen LogP contribution in [-0.2, 0) is 0 Å². The highest BCUT2D eigenvalue weighted by Crippen LogP contribution is 2.20. The number of nitrogens with one attached hydrogen (secondary N) is 1. The smallest absolute Gasteiger partial charge is 0.253 e. The number of carbonyl (C=O) groups excluding carboxylic acids is 2. The highest BCUT2D eigenvalue weighted by Gasteiger charge is 2.25. The van der Waals surface area contributed by atoms with E-state index in [0.29, 0.717) is 25.2 Å². The van der Waals surface area contributed by atoms with Crippen LogP contribution >= 0.6 is 0 Å². The van der Waals surface area contributed by atoms with Crippen molar-refractivity contribution in [3.05, 3.63) is 65.2 Å². The first kappa shape index (κ1) is 20.8. The summed E-state index contributed by atoms with van der Waals surface area (Å²) in [7, 11) is 3.85. The maximum atomic E-state index is 13.3. The molecule has 5 nitrogen and oxygen atoms in total. The largest absolute Gasteiger partial charge is 0.378 e. The van der Waals surface area contributed by atoms with Crippen LogP contribution < -0.4 is 10.2 Å². The molecule has 0 radical (unpaired) electrons. The van der Waals surface area contributed by atoms with Crippen LogP contribution in [0.3, 0.4) is 0 Å². The molecule has 1 atom stereocenters. The van der Waals surface area contributed by atoms with E-state index in [1.165, 1.54) is 6.07 Å². The summed E-state index contributed by atoms with van der Waals surface area (Å²) >= 11 is 0. The fourth-order valence-corrected chi connectivity index (χ4v) is 3.49. The zero-order valence-corrected chi connectivity index (χ0v) is 16.6. The zero-order valence-electron chi connectivity index (χ0n) is 16.6. The van der Waals surface area contributed by atoms with E-state index in [2.05, 4.69) is 5.32 Å². The van der Waals surface area contributed by atoms with Crippen molar-refractivity contribution in [2.75, 3.05) is 38.6 Å². The van der Waals surface area contributed by atoms with Gasteiger partial charge in [-0.05, 0) is 55.2 Å². The lowest BCUT2D eigenvalue weighted by atomic mass is 9.97. The van der Waals surface area contributed by atoms with Gasteiger partial charge in [0.25, 0.3) is 11.8 Å². The van der Waals surface area contributed by atoms with Crippen LogP contribution in [0.4, 0.5) is 14.5 Å². The van der Waals surface area contributed by atoms with Gasteiger partial charge in [0.1, 0.15) is 0 Å². The Bertz CT molecular complexity index is 901. The first-order valence-electron chi connectivity index (χ1n) is 9.65. The Labute approximate surface area is 169 Å². The number of nitrogens with zero attached hydrogens (tertiary/aromatic N) is 2. The van der Waals surface area contributed by atoms with Gasteiger partial charge < -0.3 is 15.1 Å². The normalized spacial score (nSPS) is 16.4. The number of piperidine rings is 1. The second-order valence-electron chi connectivity index (χ2n) is 7.54. The van der Waals surface area contributed by atoms with Gasteiger partial charge in [-0.2, -0.15) is 0 Å². The van der Waals surface area contributed by atoms with Crippen LogP contribution in [0, 0.1) is 17.6 Å². The molecule has 1 fully saturated rings. The van der Waals surface area contributed by atoms with Crippen molar-refractivity contribution in [3.63, 3.8) is 0 Å². The van der Waals surface area contributed by atoms with Gasteiger partial charge in [0.05, 0.1) is 0 Å². The van der Waals surface area contributed by atoms with E-state index in [1.807, 2.05) is 48.2 Å². The second kappa shape index (κ2) is 9.03. The minimum Gasteiger partial charge on any atom is -0.378 e. The molecule has 1 aliphatic rings. The minimum absolute atomic E-state index is 0.0228. The number of amides is 2. The van der Waals surface area contributed by atoms with Gasteiger partial charge in [0.15, 0.2) is 11.6 Å². The first-order valence-corrected chi connectivity index (χ1v) is 9.65. The molecule has 0 saturated carbocycles.